The van der Waals surface area contributed by atoms with Crippen LogP contribution >= 0.6 is 11.3 Å². The number of amides is 2. The van der Waals surface area contributed by atoms with Crippen molar-refractivity contribution in [3.63, 3.8) is 0 Å². The van der Waals surface area contributed by atoms with Gasteiger partial charge in [0, 0.05) is 11.4 Å². The van der Waals surface area contributed by atoms with E-state index in [1.165, 1.54) is 0 Å². The molecule has 0 aliphatic carbocycles. The van der Waals surface area contributed by atoms with Gasteiger partial charge in [-0.1, -0.05) is 6.07 Å². The fourth-order valence-electron chi connectivity index (χ4n) is 0.883. The number of aliphatic hydroxyl groups excluding tert-OH is 1. The predicted octanol–water partition coefficient (Wildman–Crippen LogP) is 0.928. The summed E-state index contributed by atoms with van der Waals surface area (Å²) in [6, 6.07) is 3.65. The number of nitrogens with one attached hydrogen (secondary N) is 2. The van der Waals surface area contributed by atoms with Crippen LogP contribution in [0.5, 0.6) is 0 Å². The maximum atomic E-state index is 11.1. The van der Waals surface area contributed by atoms with E-state index >= 15 is 0 Å². The number of carbonyl (C=O) groups is 1. The van der Waals surface area contributed by atoms with Crippen LogP contribution in [0.15, 0.2) is 17.5 Å². The highest BCUT2D eigenvalue weighted by Gasteiger charge is 2.01. The zero-order valence-electron chi connectivity index (χ0n) is 7.99. The third-order valence-electron chi connectivity index (χ3n) is 1.56. The van der Waals surface area contributed by atoms with Crippen LogP contribution in [-0.2, 0) is 6.54 Å². The van der Waals surface area contributed by atoms with Crippen molar-refractivity contribution in [1.29, 1.82) is 0 Å². The number of thiophene rings is 1. The van der Waals surface area contributed by atoms with E-state index in [0.29, 0.717) is 6.54 Å². The molecule has 0 radical (unpaired) electrons. The van der Waals surface area contributed by atoms with Gasteiger partial charge in [0.25, 0.3) is 0 Å². The summed E-state index contributed by atoms with van der Waals surface area (Å²) in [6.07, 6.45) is -0.512. The van der Waals surface area contributed by atoms with E-state index in [9.17, 15) is 4.79 Å². The molecule has 0 aromatic carbocycles. The standard InChI is InChI=1S/C9H14N2O2S/c1-7(12)5-10-9(13)11-6-8-3-2-4-14-8/h2-4,7,12H,5-6H2,1H3,(H2,10,11,13)/t7-/m1/s1. The van der Waals surface area contributed by atoms with Gasteiger partial charge in [0.15, 0.2) is 0 Å². The van der Waals surface area contributed by atoms with Crippen LogP contribution in [0.1, 0.15) is 11.8 Å². The van der Waals surface area contributed by atoms with Crippen LogP contribution in [0.2, 0.25) is 0 Å². The Kier molecular flexibility index (Phi) is 4.42. The highest BCUT2D eigenvalue weighted by Crippen LogP contribution is 2.06. The molecule has 4 nitrogen and oxygen atoms in total. The molecule has 0 aliphatic rings. The first-order valence-corrected chi connectivity index (χ1v) is 5.28. The zero-order chi connectivity index (χ0) is 10.4. The highest BCUT2D eigenvalue weighted by atomic mass is 32.1. The third kappa shape index (κ3) is 4.25. The predicted molar refractivity (Wildman–Crippen MR) is 56.2 cm³/mol. The lowest BCUT2D eigenvalue weighted by molar-refractivity contribution is 0.187. The number of hydrogen-bond donors (Lipinski definition) is 3. The summed E-state index contributed by atoms with van der Waals surface area (Å²) in [7, 11) is 0. The van der Waals surface area contributed by atoms with Gasteiger partial charge in [0.1, 0.15) is 0 Å². The molecule has 0 spiro atoms. The number of carbonyl (C=O) groups excluding carboxylic acids is 1. The molecule has 2 amide bonds. The first-order chi connectivity index (χ1) is 6.68. The van der Waals surface area contributed by atoms with E-state index in [4.69, 9.17) is 5.11 Å². The molecule has 0 unspecified atom stereocenters. The van der Waals surface area contributed by atoms with E-state index in [0.717, 1.165) is 4.88 Å². The van der Waals surface area contributed by atoms with E-state index in [1.54, 1.807) is 18.3 Å². The second-order valence-corrected chi connectivity index (χ2v) is 4.02. The maximum Gasteiger partial charge on any atom is 0.315 e. The number of aliphatic hydroxyl groups is 1. The fourth-order valence-corrected chi connectivity index (χ4v) is 1.53. The van der Waals surface area contributed by atoms with Crippen LogP contribution in [0, 0.1) is 0 Å². The van der Waals surface area contributed by atoms with Crippen molar-refractivity contribution in [2.24, 2.45) is 0 Å². The van der Waals surface area contributed by atoms with Crippen molar-refractivity contribution < 1.29 is 9.90 Å². The molecule has 1 aromatic heterocycles. The molecule has 0 fully saturated rings. The fraction of sp³-hybridized carbons (Fsp3) is 0.444. The summed E-state index contributed by atoms with van der Waals surface area (Å²) >= 11 is 1.60. The van der Waals surface area contributed by atoms with Gasteiger partial charge >= 0.3 is 6.03 Å². The topological polar surface area (TPSA) is 61.4 Å². The lowest BCUT2D eigenvalue weighted by Gasteiger charge is -2.07. The van der Waals surface area contributed by atoms with Crippen LogP contribution in [0.3, 0.4) is 0 Å². The smallest absolute Gasteiger partial charge is 0.315 e. The minimum atomic E-state index is -0.512. The SMILES string of the molecule is C[C@@H](O)CNC(=O)NCc1cccs1. The van der Waals surface area contributed by atoms with Crippen molar-refractivity contribution in [1.82, 2.24) is 10.6 Å². The molecule has 3 N–H and O–H groups in total. The van der Waals surface area contributed by atoms with Gasteiger partial charge in [0.05, 0.1) is 12.6 Å². The Hall–Kier alpha value is -1.07. The van der Waals surface area contributed by atoms with Crippen LogP contribution in [0.25, 0.3) is 0 Å². The molecule has 78 valence electrons. The molecule has 0 saturated heterocycles. The Morgan fingerprint density at radius 1 is 1.64 bits per heavy atom. The lowest BCUT2D eigenvalue weighted by Crippen LogP contribution is -2.38. The molecule has 0 saturated carbocycles. The molecule has 5 heteroatoms. The summed E-state index contributed by atoms with van der Waals surface area (Å²) in [5.74, 6) is 0. The van der Waals surface area contributed by atoms with Gasteiger partial charge in [0.2, 0.25) is 0 Å². The van der Waals surface area contributed by atoms with Gasteiger partial charge in [-0.15, -0.1) is 11.3 Å². The van der Waals surface area contributed by atoms with E-state index in [1.807, 2.05) is 17.5 Å². The molecule has 1 atom stereocenters. The summed E-state index contributed by atoms with van der Waals surface area (Å²) in [5, 5.41) is 16.1. The largest absolute Gasteiger partial charge is 0.392 e. The molecule has 1 heterocycles. The number of hydrogen-bond acceptors (Lipinski definition) is 3. The Balaban J connectivity index is 2.15. The second-order valence-electron chi connectivity index (χ2n) is 2.99. The van der Waals surface area contributed by atoms with Gasteiger partial charge in [-0.2, -0.15) is 0 Å². The maximum absolute atomic E-state index is 11.1. The summed E-state index contributed by atoms with van der Waals surface area (Å²) in [4.78, 5) is 12.2. The van der Waals surface area contributed by atoms with E-state index < -0.39 is 6.10 Å². The summed E-state index contributed by atoms with van der Waals surface area (Å²) in [5.41, 5.74) is 0. The normalized spacial score (nSPS) is 12.1. The van der Waals surface area contributed by atoms with Gasteiger partial charge < -0.3 is 15.7 Å². The first kappa shape index (κ1) is 11.0. The molecule has 1 aromatic rings. The van der Waals surface area contributed by atoms with Crippen molar-refractivity contribution in [2.75, 3.05) is 6.54 Å². The van der Waals surface area contributed by atoms with Crippen LogP contribution < -0.4 is 10.6 Å². The van der Waals surface area contributed by atoms with E-state index in [2.05, 4.69) is 10.6 Å². The van der Waals surface area contributed by atoms with Crippen molar-refractivity contribution in [3.05, 3.63) is 22.4 Å². The van der Waals surface area contributed by atoms with Crippen LogP contribution in [-0.4, -0.2) is 23.8 Å². The van der Waals surface area contributed by atoms with Crippen molar-refractivity contribution in [2.45, 2.75) is 19.6 Å². The average Bonchev–Trinajstić information content (AvgIpc) is 2.63. The Bertz CT molecular complexity index is 272. The quantitative estimate of drug-likeness (QED) is 0.698. The highest BCUT2D eigenvalue weighted by molar-refractivity contribution is 7.09. The molecule has 0 bridgehead atoms. The van der Waals surface area contributed by atoms with Crippen molar-refractivity contribution in [3.8, 4) is 0 Å². The third-order valence-corrected chi connectivity index (χ3v) is 2.44. The van der Waals surface area contributed by atoms with Crippen LogP contribution in [0.4, 0.5) is 4.79 Å². The van der Waals surface area contributed by atoms with Crippen molar-refractivity contribution >= 4 is 17.4 Å². The molecular weight excluding hydrogens is 200 g/mol. The number of rotatable bonds is 4. The minimum Gasteiger partial charge on any atom is -0.392 e. The molecular formula is C9H14N2O2S. The Labute approximate surface area is 87.0 Å². The second kappa shape index (κ2) is 5.62. The average molecular weight is 214 g/mol. The van der Waals surface area contributed by atoms with Gasteiger partial charge in [-0.25, -0.2) is 4.79 Å². The van der Waals surface area contributed by atoms with Gasteiger partial charge in [-0.3, -0.25) is 0 Å². The zero-order valence-corrected chi connectivity index (χ0v) is 8.80. The molecule has 0 aliphatic heterocycles. The minimum absolute atomic E-state index is 0.251. The lowest BCUT2D eigenvalue weighted by atomic mass is 10.4. The Morgan fingerprint density at radius 2 is 2.43 bits per heavy atom. The molecule has 1 rings (SSSR count). The van der Waals surface area contributed by atoms with E-state index in [-0.39, 0.29) is 12.6 Å². The molecule has 14 heavy (non-hydrogen) atoms. The Morgan fingerprint density at radius 3 is 3.00 bits per heavy atom. The first-order valence-electron chi connectivity index (χ1n) is 4.40. The summed E-state index contributed by atoms with van der Waals surface area (Å²) < 4.78 is 0. The number of urea groups is 1. The monoisotopic (exact) mass is 214 g/mol. The summed E-state index contributed by atoms with van der Waals surface area (Å²) in [6.45, 7) is 2.43. The van der Waals surface area contributed by atoms with Gasteiger partial charge in [-0.05, 0) is 18.4 Å².